The Morgan fingerprint density at radius 1 is 1.18 bits per heavy atom. The normalized spacial score (nSPS) is 17.7. The predicted molar refractivity (Wildman–Crippen MR) is 105 cm³/mol. The van der Waals surface area contributed by atoms with E-state index in [9.17, 15) is 0 Å². The van der Waals surface area contributed by atoms with Gasteiger partial charge >= 0.3 is 0 Å². The molecule has 0 aliphatic carbocycles. The van der Waals surface area contributed by atoms with Crippen LogP contribution >= 0.6 is 24.0 Å². The summed E-state index contributed by atoms with van der Waals surface area (Å²) in [5.41, 5.74) is 0. The van der Waals surface area contributed by atoms with Crippen molar-refractivity contribution in [3.05, 3.63) is 0 Å². The maximum absolute atomic E-state index is 5.34. The lowest BCUT2D eigenvalue weighted by Crippen LogP contribution is -2.40. The number of nitrogens with one attached hydrogen (secondary N) is 2. The van der Waals surface area contributed by atoms with Crippen molar-refractivity contribution in [1.82, 2.24) is 15.5 Å². The van der Waals surface area contributed by atoms with Gasteiger partial charge in [0.2, 0.25) is 0 Å². The average molecular weight is 426 g/mol. The first-order chi connectivity index (χ1) is 10.3. The van der Waals surface area contributed by atoms with Gasteiger partial charge in [0, 0.05) is 32.8 Å². The molecule has 1 unspecified atom stereocenters. The zero-order chi connectivity index (χ0) is 15.3. The summed E-state index contributed by atoms with van der Waals surface area (Å²) in [7, 11) is 0. The van der Waals surface area contributed by atoms with Crippen LogP contribution in [0.2, 0.25) is 0 Å². The molecule has 5 nitrogen and oxygen atoms in total. The summed E-state index contributed by atoms with van der Waals surface area (Å²) >= 11 is 0. The second-order valence-corrected chi connectivity index (χ2v) is 5.81. The summed E-state index contributed by atoms with van der Waals surface area (Å²) in [6.07, 6.45) is 4.12. The third-order valence-electron chi connectivity index (χ3n) is 3.67. The Balaban J connectivity index is 0.00000441. The summed E-state index contributed by atoms with van der Waals surface area (Å²) in [4.78, 5) is 7.27. The molecule has 0 spiro atoms. The molecule has 22 heavy (non-hydrogen) atoms. The largest absolute Gasteiger partial charge is 0.380 e. The van der Waals surface area contributed by atoms with E-state index in [1.807, 2.05) is 6.92 Å². The van der Waals surface area contributed by atoms with E-state index in [-0.39, 0.29) is 24.0 Å². The molecule has 132 valence electrons. The van der Waals surface area contributed by atoms with E-state index in [0.717, 1.165) is 38.8 Å². The van der Waals surface area contributed by atoms with Crippen molar-refractivity contribution in [3.8, 4) is 0 Å². The third kappa shape index (κ3) is 10.6. The van der Waals surface area contributed by atoms with E-state index in [1.165, 1.54) is 38.9 Å². The van der Waals surface area contributed by atoms with Crippen LogP contribution in [0.15, 0.2) is 4.99 Å². The molecule has 0 saturated carbocycles. The van der Waals surface area contributed by atoms with Crippen LogP contribution in [0.4, 0.5) is 0 Å². The molecular weight excluding hydrogens is 391 g/mol. The van der Waals surface area contributed by atoms with Crippen molar-refractivity contribution in [2.24, 2.45) is 10.9 Å². The monoisotopic (exact) mass is 426 g/mol. The van der Waals surface area contributed by atoms with Gasteiger partial charge in [-0.3, -0.25) is 4.99 Å². The number of hydrogen-bond donors (Lipinski definition) is 2. The summed E-state index contributed by atoms with van der Waals surface area (Å²) in [5, 5.41) is 6.60. The fraction of sp³-hybridized carbons (Fsp3) is 0.938. The lowest BCUT2D eigenvalue weighted by Gasteiger charge is -2.28. The molecule has 0 radical (unpaired) electrons. The standard InChI is InChI=1S/C16H34N4O.HI/c1-4-17-16(18-9-12-21-5-2)19-13-15(3)14-20-10-7-6-8-11-20;/h15H,4-14H2,1-3H3,(H2,17,18,19);1H. The Bertz CT molecular complexity index is 283. The molecule has 0 bridgehead atoms. The molecule has 1 heterocycles. The van der Waals surface area contributed by atoms with Crippen LogP contribution in [0.25, 0.3) is 0 Å². The number of rotatable bonds is 9. The minimum Gasteiger partial charge on any atom is -0.380 e. The highest BCUT2D eigenvalue weighted by atomic mass is 127. The van der Waals surface area contributed by atoms with E-state index in [1.54, 1.807) is 0 Å². The summed E-state index contributed by atoms with van der Waals surface area (Å²) < 4.78 is 5.34. The van der Waals surface area contributed by atoms with Gasteiger partial charge in [0.25, 0.3) is 0 Å². The maximum atomic E-state index is 5.34. The Labute approximate surface area is 153 Å². The third-order valence-corrected chi connectivity index (χ3v) is 3.67. The number of hydrogen-bond acceptors (Lipinski definition) is 3. The molecule has 1 atom stereocenters. The first-order valence-electron chi connectivity index (χ1n) is 8.58. The van der Waals surface area contributed by atoms with Gasteiger partial charge in [0.1, 0.15) is 0 Å². The maximum Gasteiger partial charge on any atom is 0.191 e. The van der Waals surface area contributed by atoms with Crippen LogP contribution in [0.1, 0.15) is 40.0 Å². The number of guanidine groups is 1. The number of ether oxygens (including phenoxy) is 1. The number of piperidine rings is 1. The fourth-order valence-electron chi connectivity index (χ4n) is 2.62. The number of halogens is 1. The van der Waals surface area contributed by atoms with Crippen LogP contribution in [0, 0.1) is 5.92 Å². The van der Waals surface area contributed by atoms with E-state index in [0.29, 0.717) is 5.92 Å². The average Bonchev–Trinajstić information content (AvgIpc) is 2.50. The van der Waals surface area contributed by atoms with Gasteiger partial charge in [0.15, 0.2) is 5.96 Å². The lowest BCUT2D eigenvalue weighted by atomic mass is 10.1. The summed E-state index contributed by atoms with van der Waals surface area (Å²) in [6, 6.07) is 0. The summed E-state index contributed by atoms with van der Waals surface area (Å²) in [5.74, 6) is 1.51. The van der Waals surface area contributed by atoms with Gasteiger partial charge in [-0.25, -0.2) is 0 Å². The van der Waals surface area contributed by atoms with Crippen molar-refractivity contribution in [2.75, 3.05) is 52.5 Å². The van der Waals surface area contributed by atoms with Gasteiger partial charge in [0.05, 0.1) is 6.61 Å². The predicted octanol–water partition coefficient (Wildman–Crippen LogP) is 2.32. The minimum atomic E-state index is 0. The van der Waals surface area contributed by atoms with E-state index < -0.39 is 0 Å². The Kier molecular flexibility index (Phi) is 14.5. The molecule has 1 saturated heterocycles. The van der Waals surface area contributed by atoms with Crippen molar-refractivity contribution >= 4 is 29.9 Å². The van der Waals surface area contributed by atoms with Gasteiger partial charge in [-0.05, 0) is 45.7 Å². The van der Waals surface area contributed by atoms with Gasteiger partial charge in [-0.2, -0.15) is 0 Å². The lowest BCUT2D eigenvalue weighted by molar-refractivity contribution is 0.152. The highest BCUT2D eigenvalue weighted by Crippen LogP contribution is 2.10. The molecule has 1 rings (SSSR count). The molecule has 2 N–H and O–H groups in total. The van der Waals surface area contributed by atoms with Crippen molar-refractivity contribution in [2.45, 2.75) is 40.0 Å². The number of nitrogens with zero attached hydrogens (tertiary/aromatic N) is 2. The highest BCUT2D eigenvalue weighted by molar-refractivity contribution is 14.0. The Morgan fingerprint density at radius 3 is 2.55 bits per heavy atom. The van der Waals surface area contributed by atoms with E-state index in [2.05, 4.69) is 34.4 Å². The second kappa shape index (κ2) is 14.5. The zero-order valence-electron chi connectivity index (χ0n) is 14.6. The van der Waals surface area contributed by atoms with Gasteiger partial charge in [-0.15, -0.1) is 24.0 Å². The molecule has 0 amide bonds. The zero-order valence-corrected chi connectivity index (χ0v) is 16.9. The molecule has 1 aliphatic rings. The van der Waals surface area contributed by atoms with Crippen LogP contribution in [-0.2, 0) is 4.74 Å². The van der Waals surface area contributed by atoms with Crippen molar-refractivity contribution in [1.29, 1.82) is 0 Å². The van der Waals surface area contributed by atoms with Crippen molar-refractivity contribution < 1.29 is 4.74 Å². The molecule has 6 heteroatoms. The molecular formula is C16H35IN4O. The fourth-order valence-corrected chi connectivity index (χ4v) is 2.62. The van der Waals surface area contributed by atoms with E-state index in [4.69, 9.17) is 4.74 Å². The topological polar surface area (TPSA) is 48.9 Å². The second-order valence-electron chi connectivity index (χ2n) is 5.81. The van der Waals surface area contributed by atoms with Gasteiger partial charge < -0.3 is 20.3 Å². The molecule has 0 aromatic heterocycles. The van der Waals surface area contributed by atoms with Gasteiger partial charge in [-0.1, -0.05) is 13.3 Å². The molecule has 0 aromatic carbocycles. The molecule has 0 aromatic rings. The highest BCUT2D eigenvalue weighted by Gasteiger charge is 2.13. The molecule has 1 aliphatic heterocycles. The molecule has 1 fully saturated rings. The van der Waals surface area contributed by atoms with Crippen LogP contribution in [-0.4, -0.2) is 63.3 Å². The van der Waals surface area contributed by atoms with Crippen LogP contribution < -0.4 is 10.6 Å². The minimum absolute atomic E-state index is 0. The van der Waals surface area contributed by atoms with Crippen LogP contribution in [0.5, 0.6) is 0 Å². The Hall–Kier alpha value is -0.0800. The number of aliphatic imine (C=N–C) groups is 1. The quantitative estimate of drug-likeness (QED) is 0.257. The first-order valence-corrected chi connectivity index (χ1v) is 8.58. The van der Waals surface area contributed by atoms with Crippen molar-refractivity contribution in [3.63, 3.8) is 0 Å². The van der Waals surface area contributed by atoms with Crippen LogP contribution in [0.3, 0.4) is 0 Å². The first kappa shape index (κ1) is 21.9. The smallest absolute Gasteiger partial charge is 0.191 e. The Morgan fingerprint density at radius 2 is 1.91 bits per heavy atom. The SMILES string of the molecule is CCNC(=NCC(C)CN1CCCCC1)NCCOCC.I. The summed E-state index contributed by atoms with van der Waals surface area (Å²) in [6.45, 7) is 14.2. The number of likely N-dealkylation sites (tertiary alicyclic amines) is 1. The van der Waals surface area contributed by atoms with E-state index >= 15 is 0 Å².